The monoisotopic (exact) mass is 264 g/mol. The predicted octanol–water partition coefficient (Wildman–Crippen LogP) is 4.35. The van der Waals surface area contributed by atoms with Gasteiger partial charge in [0.2, 0.25) is 0 Å². The maximum Gasteiger partial charge on any atom is 0.0880 e. The third-order valence-corrected chi connectivity index (χ3v) is 5.15. The van der Waals surface area contributed by atoms with Gasteiger partial charge in [0.05, 0.1) is 6.10 Å². The smallest absolute Gasteiger partial charge is 0.0880 e. The second kappa shape index (κ2) is 7.20. The van der Waals surface area contributed by atoms with Gasteiger partial charge in [-0.3, -0.25) is 0 Å². The molecule has 2 rings (SSSR count). The van der Waals surface area contributed by atoms with E-state index in [1.807, 2.05) is 11.8 Å². The maximum absolute atomic E-state index is 10.2. The average molecular weight is 264 g/mol. The minimum atomic E-state index is -0.300. The van der Waals surface area contributed by atoms with Gasteiger partial charge in [0.15, 0.2) is 0 Å². The molecular weight excluding hydrogens is 240 g/mol. The van der Waals surface area contributed by atoms with Crippen molar-refractivity contribution in [3.05, 3.63) is 35.4 Å². The first kappa shape index (κ1) is 14.0. The molecular formula is C16H24OS. The van der Waals surface area contributed by atoms with Crippen molar-refractivity contribution in [2.45, 2.75) is 56.8 Å². The molecule has 0 bridgehead atoms. The second-order valence-corrected chi connectivity index (χ2v) is 6.58. The van der Waals surface area contributed by atoms with Gasteiger partial charge >= 0.3 is 0 Å². The highest BCUT2D eigenvalue weighted by Gasteiger charge is 2.17. The third kappa shape index (κ3) is 4.03. The summed E-state index contributed by atoms with van der Waals surface area (Å²) in [6, 6.07) is 8.49. The van der Waals surface area contributed by atoms with Crippen LogP contribution in [0, 0.1) is 0 Å². The van der Waals surface area contributed by atoms with E-state index in [9.17, 15) is 5.11 Å². The van der Waals surface area contributed by atoms with Gasteiger partial charge in [-0.05, 0) is 30.4 Å². The van der Waals surface area contributed by atoms with E-state index in [1.54, 1.807) is 0 Å². The molecule has 1 unspecified atom stereocenters. The van der Waals surface area contributed by atoms with E-state index in [4.69, 9.17) is 0 Å². The Bertz CT molecular complexity index is 341. The van der Waals surface area contributed by atoms with Gasteiger partial charge in [0.1, 0.15) is 0 Å². The Morgan fingerprint density at radius 1 is 1.22 bits per heavy atom. The van der Waals surface area contributed by atoms with Gasteiger partial charge in [0.25, 0.3) is 0 Å². The molecule has 1 N–H and O–H groups in total. The zero-order chi connectivity index (χ0) is 12.8. The SMILES string of the molecule is CCCc1ccc(C(O)CSC2CCCC2)cc1. The fourth-order valence-electron chi connectivity index (χ4n) is 2.57. The molecule has 1 aromatic rings. The molecule has 0 aliphatic heterocycles. The summed E-state index contributed by atoms with van der Waals surface area (Å²) in [5, 5.41) is 11.0. The molecule has 1 atom stereocenters. The normalized spacial score (nSPS) is 18.1. The minimum absolute atomic E-state index is 0.300. The van der Waals surface area contributed by atoms with Crippen molar-refractivity contribution in [1.82, 2.24) is 0 Å². The summed E-state index contributed by atoms with van der Waals surface area (Å²) in [5.41, 5.74) is 2.44. The zero-order valence-electron chi connectivity index (χ0n) is 11.3. The Balaban J connectivity index is 1.81. The number of benzene rings is 1. The lowest BCUT2D eigenvalue weighted by molar-refractivity contribution is 0.204. The highest BCUT2D eigenvalue weighted by atomic mass is 32.2. The van der Waals surface area contributed by atoms with Crippen molar-refractivity contribution in [3.8, 4) is 0 Å². The number of rotatable bonds is 6. The van der Waals surface area contributed by atoms with Crippen molar-refractivity contribution in [2.75, 3.05) is 5.75 Å². The quantitative estimate of drug-likeness (QED) is 0.824. The van der Waals surface area contributed by atoms with Gasteiger partial charge in [-0.25, -0.2) is 0 Å². The lowest BCUT2D eigenvalue weighted by Gasteiger charge is -2.14. The molecule has 0 saturated heterocycles. The van der Waals surface area contributed by atoms with Crippen LogP contribution in [0.4, 0.5) is 0 Å². The first-order valence-electron chi connectivity index (χ1n) is 7.18. The van der Waals surface area contributed by atoms with Crippen molar-refractivity contribution >= 4 is 11.8 Å². The number of hydrogen-bond donors (Lipinski definition) is 1. The van der Waals surface area contributed by atoms with Gasteiger partial charge in [-0.15, -0.1) is 0 Å². The molecule has 1 aromatic carbocycles. The molecule has 1 aliphatic rings. The summed E-state index contributed by atoms with van der Waals surface area (Å²) in [7, 11) is 0. The molecule has 18 heavy (non-hydrogen) atoms. The van der Waals surface area contributed by atoms with Gasteiger partial charge in [0, 0.05) is 11.0 Å². The average Bonchev–Trinajstić information content (AvgIpc) is 2.90. The van der Waals surface area contributed by atoms with Crippen LogP contribution in [0.25, 0.3) is 0 Å². The van der Waals surface area contributed by atoms with Crippen LogP contribution in [0.5, 0.6) is 0 Å². The standard InChI is InChI=1S/C16H24OS/c1-2-5-13-8-10-14(11-9-13)16(17)12-18-15-6-3-4-7-15/h8-11,15-17H,2-7,12H2,1H3. The molecule has 0 spiro atoms. The van der Waals surface area contributed by atoms with Crippen LogP contribution in [-0.2, 0) is 6.42 Å². The first-order chi connectivity index (χ1) is 8.79. The number of thioether (sulfide) groups is 1. The summed E-state index contributed by atoms with van der Waals surface area (Å²) in [4.78, 5) is 0. The fourth-order valence-corrected chi connectivity index (χ4v) is 3.89. The summed E-state index contributed by atoms with van der Waals surface area (Å²) < 4.78 is 0. The minimum Gasteiger partial charge on any atom is -0.388 e. The van der Waals surface area contributed by atoms with Crippen molar-refractivity contribution in [1.29, 1.82) is 0 Å². The molecule has 100 valence electrons. The maximum atomic E-state index is 10.2. The van der Waals surface area contributed by atoms with Crippen molar-refractivity contribution in [2.24, 2.45) is 0 Å². The zero-order valence-corrected chi connectivity index (χ0v) is 12.1. The molecule has 1 fully saturated rings. The molecule has 0 aromatic heterocycles. The predicted molar refractivity (Wildman–Crippen MR) is 80.1 cm³/mol. The Labute approximate surface area is 115 Å². The van der Waals surface area contributed by atoms with E-state index >= 15 is 0 Å². The van der Waals surface area contributed by atoms with Crippen LogP contribution in [0.15, 0.2) is 24.3 Å². The fraction of sp³-hybridized carbons (Fsp3) is 0.625. The Morgan fingerprint density at radius 2 is 1.89 bits per heavy atom. The van der Waals surface area contributed by atoms with Gasteiger partial charge in [-0.1, -0.05) is 50.5 Å². The van der Waals surface area contributed by atoms with E-state index in [-0.39, 0.29) is 6.10 Å². The van der Waals surface area contributed by atoms with Crippen LogP contribution < -0.4 is 0 Å². The number of aliphatic hydroxyl groups excluding tert-OH is 1. The number of hydrogen-bond acceptors (Lipinski definition) is 2. The molecule has 0 radical (unpaired) electrons. The van der Waals surface area contributed by atoms with E-state index < -0.39 is 0 Å². The summed E-state index contributed by atoms with van der Waals surface area (Å²) in [6.45, 7) is 2.20. The number of aryl methyl sites for hydroxylation is 1. The van der Waals surface area contributed by atoms with Crippen LogP contribution in [0.2, 0.25) is 0 Å². The van der Waals surface area contributed by atoms with E-state index in [0.29, 0.717) is 0 Å². The summed E-state index contributed by atoms with van der Waals surface area (Å²) >= 11 is 1.95. The largest absolute Gasteiger partial charge is 0.388 e. The number of aliphatic hydroxyl groups is 1. The van der Waals surface area contributed by atoms with Crippen LogP contribution >= 0.6 is 11.8 Å². The Hall–Kier alpha value is -0.470. The first-order valence-corrected chi connectivity index (χ1v) is 8.23. The molecule has 2 heteroatoms. The van der Waals surface area contributed by atoms with E-state index in [0.717, 1.165) is 23.0 Å². The summed E-state index contributed by atoms with van der Waals surface area (Å²) in [5.74, 6) is 0.845. The second-order valence-electron chi connectivity index (χ2n) is 5.25. The molecule has 0 heterocycles. The van der Waals surface area contributed by atoms with Gasteiger partial charge < -0.3 is 5.11 Å². The van der Waals surface area contributed by atoms with Crippen molar-refractivity contribution < 1.29 is 5.11 Å². The van der Waals surface area contributed by atoms with E-state index in [1.165, 1.54) is 37.7 Å². The van der Waals surface area contributed by atoms with Gasteiger partial charge in [-0.2, -0.15) is 11.8 Å². The summed E-state index contributed by atoms with van der Waals surface area (Å²) in [6.07, 6.45) is 7.44. The van der Waals surface area contributed by atoms with E-state index in [2.05, 4.69) is 31.2 Å². The van der Waals surface area contributed by atoms with Crippen LogP contribution in [-0.4, -0.2) is 16.1 Å². The third-order valence-electron chi connectivity index (χ3n) is 3.70. The lowest BCUT2D eigenvalue weighted by Crippen LogP contribution is -2.05. The Kier molecular flexibility index (Phi) is 5.58. The lowest BCUT2D eigenvalue weighted by atomic mass is 10.1. The molecule has 1 aliphatic carbocycles. The van der Waals surface area contributed by atoms with Crippen LogP contribution in [0.3, 0.4) is 0 Å². The molecule has 1 nitrogen and oxygen atoms in total. The highest BCUT2D eigenvalue weighted by Crippen LogP contribution is 2.32. The van der Waals surface area contributed by atoms with Crippen molar-refractivity contribution in [3.63, 3.8) is 0 Å². The molecule has 0 amide bonds. The molecule has 1 saturated carbocycles. The Morgan fingerprint density at radius 3 is 2.50 bits per heavy atom. The highest BCUT2D eigenvalue weighted by molar-refractivity contribution is 7.99. The van der Waals surface area contributed by atoms with Crippen LogP contribution in [0.1, 0.15) is 56.3 Å². The topological polar surface area (TPSA) is 20.2 Å².